The quantitative estimate of drug-likeness (QED) is 0.794. The van der Waals surface area contributed by atoms with Gasteiger partial charge in [-0.05, 0) is 54.8 Å². The van der Waals surface area contributed by atoms with Gasteiger partial charge in [0.15, 0.2) is 0 Å². The van der Waals surface area contributed by atoms with Crippen molar-refractivity contribution in [1.29, 1.82) is 0 Å². The largest absolute Gasteiger partial charge is 0.243 e. The van der Waals surface area contributed by atoms with Crippen LogP contribution in [0.3, 0.4) is 0 Å². The van der Waals surface area contributed by atoms with Crippen LogP contribution in [0.25, 0.3) is 0 Å². The van der Waals surface area contributed by atoms with E-state index in [-0.39, 0.29) is 4.90 Å². The maximum atomic E-state index is 13.6. The number of halogens is 3. The molecule has 1 saturated heterocycles. The lowest BCUT2D eigenvalue weighted by molar-refractivity contribution is 0.255. The first kappa shape index (κ1) is 17.3. The van der Waals surface area contributed by atoms with Gasteiger partial charge in [-0.2, -0.15) is 4.31 Å². The highest BCUT2D eigenvalue weighted by Gasteiger charge is 2.34. The molecular formula is C17H16ClF2NO2S. The number of hydrogen-bond donors (Lipinski definition) is 0. The summed E-state index contributed by atoms with van der Waals surface area (Å²) in [7, 11) is -3.77. The molecule has 0 amide bonds. The molecule has 0 radical (unpaired) electrons. The van der Waals surface area contributed by atoms with Crippen LogP contribution in [-0.4, -0.2) is 19.3 Å². The molecule has 3 nitrogen and oxygen atoms in total. The molecule has 1 aliphatic heterocycles. The Morgan fingerprint density at radius 3 is 2.25 bits per heavy atom. The topological polar surface area (TPSA) is 37.4 Å². The summed E-state index contributed by atoms with van der Waals surface area (Å²) in [5, 5.41) is 0.441. The van der Waals surface area contributed by atoms with Crippen LogP contribution in [-0.2, 0) is 10.0 Å². The minimum atomic E-state index is -3.77. The summed E-state index contributed by atoms with van der Waals surface area (Å²) in [6.45, 7) is 0.313. The first-order valence-corrected chi connectivity index (χ1v) is 9.43. The van der Waals surface area contributed by atoms with E-state index in [4.69, 9.17) is 11.6 Å². The van der Waals surface area contributed by atoms with E-state index in [1.54, 1.807) is 0 Å². The smallest absolute Gasteiger partial charge is 0.207 e. The number of nitrogens with zero attached hydrogens (tertiary/aromatic N) is 1. The zero-order valence-corrected chi connectivity index (χ0v) is 14.3. The highest BCUT2D eigenvalue weighted by Crippen LogP contribution is 2.36. The second-order valence-corrected chi connectivity index (χ2v) is 8.11. The van der Waals surface area contributed by atoms with Gasteiger partial charge in [-0.15, -0.1) is 0 Å². The van der Waals surface area contributed by atoms with Crippen molar-refractivity contribution in [2.24, 2.45) is 0 Å². The number of hydrogen-bond acceptors (Lipinski definition) is 2. The third-order valence-electron chi connectivity index (χ3n) is 4.14. The van der Waals surface area contributed by atoms with Crippen LogP contribution < -0.4 is 0 Å². The highest BCUT2D eigenvalue weighted by molar-refractivity contribution is 7.89. The van der Waals surface area contributed by atoms with Gasteiger partial charge in [0.05, 0.1) is 10.9 Å². The van der Waals surface area contributed by atoms with Crippen molar-refractivity contribution in [2.75, 3.05) is 6.54 Å². The third kappa shape index (κ3) is 3.45. The lowest BCUT2D eigenvalue weighted by atomic mass is 9.97. The zero-order chi connectivity index (χ0) is 17.3. The van der Waals surface area contributed by atoms with E-state index < -0.39 is 27.7 Å². The van der Waals surface area contributed by atoms with E-state index in [9.17, 15) is 17.2 Å². The van der Waals surface area contributed by atoms with Crippen LogP contribution in [0.5, 0.6) is 0 Å². The van der Waals surface area contributed by atoms with Gasteiger partial charge in [0, 0.05) is 17.6 Å². The van der Waals surface area contributed by atoms with Gasteiger partial charge in [-0.25, -0.2) is 17.2 Å². The highest BCUT2D eigenvalue weighted by atomic mass is 35.5. The first-order valence-electron chi connectivity index (χ1n) is 7.61. The molecule has 0 aromatic heterocycles. The molecule has 0 spiro atoms. The summed E-state index contributed by atoms with van der Waals surface area (Å²) < 4.78 is 54.3. The van der Waals surface area contributed by atoms with Crippen molar-refractivity contribution in [3.8, 4) is 0 Å². The van der Waals surface area contributed by atoms with Gasteiger partial charge in [-0.1, -0.05) is 18.0 Å². The van der Waals surface area contributed by atoms with Gasteiger partial charge >= 0.3 is 0 Å². The monoisotopic (exact) mass is 371 g/mol. The predicted octanol–water partition coefficient (Wildman–Crippen LogP) is 4.53. The van der Waals surface area contributed by atoms with Crippen molar-refractivity contribution >= 4 is 21.6 Å². The minimum absolute atomic E-state index is 0.121. The normalized spacial score (nSPS) is 19.4. The maximum absolute atomic E-state index is 13.6. The van der Waals surface area contributed by atoms with E-state index >= 15 is 0 Å². The summed E-state index contributed by atoms with van der Waals surface area (Å²) in [6.07, 6.45) is 2.03. The molecule has 24 heavy (non-hydrogen) atoms. The van der Waals surface area contributed by atoms with Gasteiger partial charge in [0.25, 0.3) is 0 Å². The number of piperidine rings is 1. The fraction of sp³-hybridized carbons (Fsp3) is 0.294. The molecule has 0 saturated carbocycles. The SMILES string of the molecule is O=S(=O)(c1ccc(Cl)cc1)N1CCCCC1c1cc(F)cc(F)c1. The lowest BCUT2D eigenvalue weighted by Gasteiger charge is -2.35. The van der Waals surface area contributed by atoms with E-state index in [0.717, 1.165) is 12.5 Å². The Balaban J connectivity index is 2.01. The molecule has 1 unspecified atom stereocenters. The van der Waals surface area contributed by atoms with Crippen LogP contribution in [0, 0.1) is 11.6 Å². The Labute approximate surface area is 144 Å². The molecule has 1 heterocycles. The molecule has 2 aromatic carbocycles. The molecule has 2 aromatic rings. The van der Waals surface area contributed by atoms with Crippen molar-refractivity contribution in [2.45, 2.75) is 30.2 Å². The minimum Gasteiger partial charge on any atom is -0.207 e. The Hall–Kier alpha value is -1.50. The van der Waals surface area contributed by atoms with Crippen LogP contribution in [0.4, 0.5) is 8.78 Å². The number of rotatable bonds is 3. The summed E-state index contributed by atoms with van der Waals surface area (Å²) in [5.74, 6) is -1.42. The second-order valence-electron chi connectivity index (χ2n) is 5.78. The molecule has 7 heteroatoms. The van der Waals surface area contributed by atoms with Crippen molar-refractivity contribution in [3.05, 3.63) is 64.7 Å². The Kier molecular flexibility index (Phi) is 4.90. The predicted molar refractivity (Wildman–Crippen MR) is 88.3 cm³/mol. The number of benzene rings is 2. The second kappa shape index (κ2) is 6.78. The lowest BCUT2D eigenvalue weighted by Crippen LogP contribution is -2.38. The molecule has 0 aliphatic carbocycles. The Bertz CT molecular complexity index is 820. The van der Waals surface area contributed by atoms with Crippen LogP contribution in [0.15, 0.2) is 47.4 Å². The van der Waals surface area contributed by atoms with E-state index in [1.165, 1.54) is 40.7 Å². The average molecular weight is 372 g/mol. The fourth-order valence-electron chi connectivity index (χ4n) is 3.04. The van der Waals surface area contributed by atoms with E-state index in [1.807, 2.05) is 0 Å². The van der Waals surface area contributed by atoms with Gasteiger partial charge < -0.3 is 0 Å². The van der Waals surface area contributed by atoms with Crippen LogP contribution >= 0.6 is 11.6 Å². The molecule has 1 aliphatic rings. The van der Waals surface area contributed by atoms with Crippen molar-refractivity contribution in [1.82, 2.24) is 4.31 Å². The van der Waals surface area contributed by atoms with E-state index in [0.29, 0.717) is 30.0 Å². The molecule has 1 fully saturated rings. The van der Waals surface area contributed by atoms with E-state index in [2.05, 4.69) is 0 Å². The van der Waals surface area contributed by atoms with Crippen LogP contribution in [0.1, 0.15) is 30.9 Å². The zero-order valence-electron chi connectivity index (χ0n) is 12.8. The van der Waals surface area contributed by atoms with Gasteiger partial charge in [-0.3, -0.25) is 0 Å². The summed E-state index contributed by atoms with van der Waals surface area (Å²) in [5.41, 5.74) is 0.338. The van der Waals surface area contributed by atoms with Crippen molar-refractivity contribution < 1.29 is 17.2 Å². The average Bonchev–Trinajstić information content (AvgIpc) is 2.54. The fourth-order valence-corrected chi connectivity index (χ4v) is 4.84. The molecule has 1 atom stereocenters. The molecule has 128 valence electrons. The maximum Gasteiger partial charge on any atom is 0.243 e. The Morgan fingerprint density at radius 1 is 1.00 bits per heavy atom. The van der Waals surface area contributed by atoms with Gasteiger partial charge in [0.1, 0.15) is 11.6 Å². The molecule has 0 bridgehead atoms. The standard InChI is InChI=1S/C17H16ClF2NO2S/c18-13-4-6-16(7-5-13)24(22,23)21-8-2-1-3-17(21)12-9-14(19)11-15(20)10-12/h4-7,9-11,17H,1-3,8H2. The number of sulfonamides is 1. The molecule has 0 N–H and O–H groups in total. The summed E-state index contributed by atoms with van der Waals surface area (Å²) >= 11 is 5.82. The van der Waals surface area contributed by atoms with Gasteiger partial charge in [0.2, 0.25) is 10.0 Å². The summed E-state index contributed by atoms with van der Waals surface area (Å²) in [4.78, 5) is 0.121. The van der Waals surface area contributed by atoms with Crippen molar-refractivity contribution in [3.63, 3.8) is 0 Å². The summed E-state index contributed by atoms with van der Waals surface area (Å²) in [6, 6.07) is 8.50. The Morgan fingerprint density at radius 2 is 1.62 bits per heavy atom. The molecule has 3 rings (SSSR count). The first-order chi connectivity index (χ1) is 11.4. The van der Waals surface area contributed by atoms with Crippen LogP contribution in [0.2, 0.25) is 5.02 Å². The molecular weight excluding hydrogens is 356 g/mol. The third-order valence-corrected chi connectivity index (χ3v) is 6.32.